The number of rotatable bonds is 8. The number of carbonyl (C=O) groups excluding carboxylic acids is 2. The lowest BCUT2D eigenvalue weighted by molar-refractivity contribution is -0.142. The molecule has 1 N–H and O–H groups in total. The van der Waals surface area contributed by atoms with Gasteiger partial charge in [0, 0.05) is 29.2 Å². The number of hydrogen-bond donors (Lipinski definition) is 1. The molecule has 8 heteroatoms. The van der Waals surface area contributed by atoms with Gasteiger partial charge >= 0.3 is 0 Å². The van der Waals surface area contributed by atoms with Crippen molar-refractivity contribution in [1.29, 1.82) is 0 Å². The van der Waals surface area contributed by atoms with Crippen LogP contribution in [0.4, 0.5) is 0 Å². The minimum atomic E-state index is -0.685. The van der Waals surface area contributed by atoms with Crippen molar-refractivity contribution in [2.45, 2.75) is 52.1 Å². The third-order valence-corrected chi connectivity index (χ3v) is 6.50. The number of benzene rings is 2. The molecular weight excluding hydrogens is 515 g/mol. The quantitative estimate of drug-likeness (QED) is 0.445. The molecule has 5 nitrogen and oxygen atoms in total. The Bertz CT molecular complexity index is 956. The Kier molecular flexibility index (Phi) is 9.43. The van der Waals surface area contributed by atoms with E-state index < -0.39 is 6.04 Å². The maximum absolute atomic E-state index is 13.2. The van der Waals surface area contributed by atoms with Gasteiger partial charge in [0.2, 0.25) is 5.91 Å². The smallest absolute Gasteiger partial charge is 0.261 e. The van der Waals surface area contributed by atoms with E-state index in [2.05, 4.69) is 42.0 Å². The van der Waals surface area contributed by atoms with Crippen LogP contribution in [0.15, 0.2) is 40.9 Å². The van der Waals surface area contributed by atoms with E-state index >= 15 is 0 Å². The van der Waals surface area contributed by atoms with Crippen LogP contribution in [0.2, 0.25) is 10.0 Å². The average Bonchev–Trinajstić information content (AvgIpc) is 2.73. The van der Waals surface area contributed by atoms with Crippen molar-refractivity contribution in [2.75, 3.05) is 13.7 Å². The Balaban J connectivity index is 2.27. The van der Waals surface area contributed by atoms with E-state index in [-0.39, 0.29) is 30.4 Å². The van der Waals surface area contributed by atoms with Gasteiger partial charge in [0.25, 0.3) is 5.91 Å². The minimum absolute atomic E-state index is 0.0102. The summed E-state index contributed by atoms with van der Waals surface area (Å²) in [5.41, 5.74) is 1.72. The van der Waals surface area contributed by atoms with Crippen molar-refractivity contribution in [2.24, 2.45) is 0 Å². The number of likely N-dealkylation sites (N-methyl/N-ethyl adjacent to an activating group) is 1. The van der Waals surface area contributed by atoms with E-state index in [1.807, 2.05) is 25.1 Å². The number of nitrogens with one attached hydrogen (secondary N) is 1. The predicted octanol–water partition coefficient (Wildman–Crippen LogP) is 5.99. The summed E-state index contributed by atoms with van der Waals surface area (Å²) in [5, 5.41) is 3.49. The third kappa shape index (κ3) is 6.63. The lowest BCUT2D eigenvalue weighted by Gasteiger charge is -2.30. The molecule has 2 aromatic carbocycles. The molecule has 0 spiro atoms. The van der Waals surface area contributed by atoms with E-state index in [4.69, 9.17) is 27.9 Å². The van der Waals surface area contributed by atoms with Crippen molar-refractivity contribution in [1.82, 2.24) is 10.2 Å². The van der Waals surface area contributed by atoms with Crippen LogP contribution in [0, 0.1) is 0 Å². The Hall–Kier alpha value is -1.76. The number of nitrogens with zero attached hydrogens (tertiary/aromatic N) is 1. The van der Waals surface area contributed by atoms with Gasteiger partial charge in [-0.3, -0.25) is 9.59 Å². The van der Waals surface area contributed by atoms with Crippen molar-refractivity contribution in [3.63, 3.8) is 0 Å². The van der Waals surface area contributed by atoms with E-state index in [1.165, 1.54) is 4.90 Å². The summed E-state index contributed by atoms with van der Waals surface area (Å²) in [6.45, 7) is 8.08. The van der Waals surface area contributed by atoms with Crippen LogP contribution in [0.3, 0.4) is 0 Å². The number of hydrogen-bond acceptors (Lipinski definition) is 3. The number of halogens is 3. The molecule has 0 fully saturated rings. The highest BCUT2D eigenvalue weighted by Crippen LogP contribution is 2.32. The van der Waals surface area contributed by atoms with Gasteiger partial charge in [0.1, 0.15) is 11.8 Å². The first-order valence-corrected chi connectivity index (χ1v) is 11.9. The van der Waals surface area contributed by atoms with Crippen LogP contribution in [0.1, 0.15) is 45.2 Å². The molecular formula is C24H29BrCl2N2O3. The zero-order chi connectivity index (χ0) is 24.1. The first-order valence-electron chi connectivity index (χ1n) is 10.4. The lowest BCUT2D eigenvalue weighted by Crippen LogP contribution is -2.49. The fraction of sp³-hybridized carbons (Fsp3) is 0.417. The van der Waals surface area contributed by atoms with Crippen LogP contribution < -0.4 is 10.1 Å². The predicted molar refractivity (Wildman–Crippen MR) is 133 cm³/mol. The van der Waals surface area contributed by atoms with Gasteiger partial charge in [-0.2, -0.15) is 0 Å². The molecule has 0 saturated carbocycles. The molecule has 0 heterocycles. The zero-order valence-electron chi connectivity index (χ0n) is 19.0. The van der Waals surface area contributed by atoms with E-state index in [0.29, 0.717) is 27.8 Å². The van der Waals surface area contributed by atoms with E-state index in [1.54, 1.807) is 25.2 Å². The first-order chi connectivity index (χ1) is 15.0. The summed E-state index contributed by atoms with van der Waals surface area (Å²) in [4.78, 5) is 27.2. The van der Waals surface area contributed by atoms with Gasteiger partial charge in [-0.15, -0.1) is 0 Å². The molecule has 32 heavy (non-hydrogen) atoms. The monoisotopic (exact) mass is 542 g/mol. The van der Waals surface area contributed by atoms with Crippen LogP contribution in [0.5, 0.6) is 5.75 Å². The van der Waals surface area contributed by atoms with Gasteiger partial charge < -0.3 is 15.0 Å². The topological polar surface area (TPSA) is 58.6 Å². The van der Waals surface area contributed by atoms with E-state index in [0.717, 1.165) is 10.0 Å². The average molecular weight is 544 g/mol. The molecule has 0 aromatic heterocycles. The normalized spacial score (nSPS) is 12.2. The maximum atomic E-state index is 13.2. The lowest BCUT2D eigenvalue weighted by atomic mass is 9.87. The van der Waals surface area contributed by atoms with Gasteiger partial charge in [-0.1, -0.05) is 63.0 Å². The third-order valence-electron chi connectivity index (χ3n) is 5.17. The van der Waals surface area contributed by atoms with Crippen molar-refractivity contribution < 1.29 is 14.3 Å². The van der Waals surface area contributed by atoms with Crippen LogP contribution in [-0.2, 0) is 21.5 Å². The Morgan fingerprint density at radius 2 is 1.78 bits per heavy atom. The number of ether oxygens (including phenoxy) is 1. The first kappa shape index (κ1) is 26.5. The highest BCUT2D eigenvalue weighted by molar-refractivity contribution is 9.10. The van der Waals surface area contributed by atoms with Crippen molar-refractivity contribution in [3.05, 3.63) is 62.0 Å². The van der Waals surface area contributed by atoms with Gasteiger partial charge in [-0.05, 0) is 57.6 Å². The molecule has 0 saturated heterocycles. The van der Waals surface area contributed by atoms with Crippen molar-refractivity contribution >= 4 is 50.9 Å². The SMILES string of the molecule is CC[C@H](C(=O)NC)N(Cc1c(Cl)cccc1Cl)C(=O)COc1ccc(C(C)(C)C)cc1Br. The van der Waals surface area contributed by atoms with Crippen LogP contribution in [-0.4, -0.2) is 36.4 Å². The van der Waals surface area contributed by atoms with Crippen LogP contribution >= 0.6 is 39.1 Å². The molecule has 0 aliphatic rings. The van der Waals surface area contributed by atoms with Gasteiger partial charge in [0.15, 0.2) is 6.61 Å². The maximum Gasteiger partial charge on any atom is 0.261 e. The fourth-order valence-electron chi connectivity index (χ4n) is 3.25. The highest BCUT2D eigenvalue weighted by Gasteiger charge is 2.29. The second-order valence-electron chi connectivity index (χ2n) is 8.44. The second-order valence-corrected chi connectivity index (χ2v) is 10.1. The Morgan fingerprint density at radius 1 is 1.16 bits per heavy atom. The van der Waals surface area contributed by atoms with Gasteiger partial charge in [0.05, 0.1) is 4.47 Å². The number of carbonyl (C=O) groups is 2. The molecule has 1 atom stereocenters. The summed E-state index contributed by atoms with van der Waals surface area (Å²) in [6.07, 6.45) is 0.428. The van der Waals surface area contributed by atoms with E-state index in [9.17, 15) is 9.59 Å². The molecule has 0 bridgehead atoms. The molecule has 2 amide bonds. The summed E-state index contributed by atoms with van der Waals surface area (Å²) in [6, 6.07) is 10.3. The summed E-state index contributed by atoms with van der Waals surface area (Å²) in [7, 11) is 1.54. The molecule has 2 aromatic rings. The van der Waals surface area contributed by atoms with Gasteiger partial charge in [-0.25, -0.2) is 0 Å². The van der Waals surface area contributed by atoms with Crippen molar-refractivity contribution in [3.8, 4) is 5.75 Å². The molecule has 2 rings (SSSR count). The van der Waals surface area contributed by atoms with Crippen LogP contribution in [0.25, 0.3) is 0 Å². The molecule has 0 aliphatic carbocycles. The zero-order valence-corrected chi connectivity index (χ0v) is 22.1. The second kappa shape index (κ2) is 11.4. The fourth-order valence-corrected chi connectivity index (χ4v) is 4.26. The summed E-state index contributed by atoms with van der Waals surface area (Å²) in [5.74, 6) is -0.0574. The minimum Gasteiger partial charge on any atom is -0.483 e. The highest BCUT2D eigenvalue weighted by atomic mass is 79.9. The molecule has 0 radical (unpaired) electrons. The molecule has 0 aliphatic heterocycles. The molecule has 0 unspecified atom stereocenters. The Labute approximate surface area is 208 Å². The summed E-state index contributed by atoms with van der Waals surface area (Å²) >= 11 is 16.2. The number of amides is 2. The Morgan fingerprint density at radius 3 is 2.28 bits per heavy atom. The summed E-state index contributed by atoms with van der Waals surface area (Å²) < 4.78 is 6.58. The largest absolute Gasteiger partial charge is 0.483 e. The molecule has 174 valence electrons. The standard InChI is InChI=1S/C24H29BrCl2N2O3/c1-6-20(23(31)28-5)29(13-16-18(26)8-7-9-19(16)27)22(30)14-32-21-11-10-15(12-17(21)25)24(2,3)4/h7-12,20H,6,13-14H2,1-5H3,(H,28,31)/t20-/m1/s1.